The first kappa shape index (κ1) is 16.2. The normalized spacial score (nSPS) is 11.1. The lowest BCUT2D eigenvalue weighted by Gasteiger charge is -2.06. The summed E-state index contributed by atoms with van der Waals surface area (Å²) in [6, 6.07) is 7.93. The van der Waals surface area contributed by atoms with Gasteiger partial charge in [-0.2, -0.15) is 5.10 Å². The van der Waals surface area contributed by atoms with E-state index in [0.717, 1.165) is 24.3 Å². The lowest BCUT2D eigenvalue weighted by atomic mass is 10.1. The summed E-state index contributed by atoms with van der Waals surface area (Å²) >= 11 is 0. The molecule has 0 amide bonds. The second-order valence-corrected chi connectivity index (χ2v) is 5.27. The van der Waals surface area contributed by atoms with E-state index < -0.39 is 0 Å². The molecule has 0 radical (unpaired) electrons. The molecule has 1 aromatic heterocycles. The van der Waals surface area contributed by atoms with Gasteiger partial charge in [-0.1, -0.05) is 39.0 Å². The molecule has 2 aromatic rings. The minimum absolute atomic E-state index is 0.792. The van der Waals surface area contributed by atoms with Crippen LogP contribution >= 0.6 is 0 Å². The summed E-state index contributed by atoms with van der Waals surface area (Å²) in [5.74, 6) is 0.912. The Bertz CT molecular complexity index is 534. The van der Waals surface area contributed by atoms with Crippen LogP contribution in [0.3, 0.4) is 0 Å². The monoisotopic (exact) mass is 300 g/mol. The third kappa shape index (κ3) is 6.08. The summed E-state index contributed by atoms with van der Waals surface area (Å²) in [4.78, 5) is 0. The first-order valence-corrected chi connectivity index (χ1v) is 8.00. The van der Waals surface area contributed by atoms with Crippen molar-refractivity contribution in [3.8, 4) is 5.75 Å². The van der Waals surface area contributed by atoms with Gasteiger partial charge < -0.3 is 4.74 Å². The Morgan fingerprint density at radius 1 is 1.00 bits per heavy atom. The third-order valence-electron chi connectivity index (χ3n) is 3.39. The van der Waals surface area contributed by atoms with Crippen LogP contribution in [0, 0.1) is 0 Å². The van der Waals surface area contributed by atoms with Gasteiger partial charge >= 0.3 is 0 Å². The average Bonchev–Trinajstić information content (AvgIpc) is 3.07. The number of rotatable bonds is 10. The molecule has 1 aromatic carbocycles. The van der Waals surface area contributed by atoms with Crippen LogP contribution in [0.25, 0.3) is 0 Å². The third-order valence-corrected chi connectivity index (χ3v) is 3.39. The molecular formula is C17H24N4O. The van der Waals surface area contributed by atoms with E-state index in [4.69, 9.17) is 4.74 Å². The van der Waals surface area contributed by atoms with Crippen molar-refractivity contribution in [3.63, 3.8) is 0 Å². The number of ether oxygens (including phenoxy) is 1. The van der Waals surface area contributed by atoms with Gasteiger partial charge in [-0.15, -0.1) is 10.2 Å². The standard InChI is InChI=1S/C17H24N4O/c1-2-3-4-5-6-7-12-22-17-10-8-16(9-11-17)13-20-21-14-18-19-15-21/h8-11,13-15H,2-7,12H2,1H3/b20-13+. The van der Waals surface area contributed by atoms with Gasteiger partial charge in [-0.3, -0.25) is 0 Å². The summed E-state index contributed by atoms with van der Waals surface area (Å²) in [6.07, 6.45) is 12.5. The van der Waals surface area contributed by atoms with Crippen molar-refractivity contribution in [2.24, 2.45) is 5.10 Å². The number of hydrogen-bond donors (Lipinski definition) is 0. The van der Waals surface area contributed by atoms with Crippen molar-refractivity contribution in [1.29, 1.82) is 0 Å². The zero-order valence-electron chi connectivity index (χ0n) is 13.2. The molecule has 0 N–H and O–H groups in total. The molecule has 0 atom stereocenters. The van der Waals surface area contributed by atoms with Crippen LogP contribution in [0.5, 0.6) is 5.75 Å². The van der Waals surface area contributed by atoms with Crippen molar-refractivity contribution in [3.05, 3.63) is 42.5 Å². The van der Waals surface area contributed by atoms with Gasteiger partial charge in [0.25, 0.3) is 0 Å². The van der Waals surface area contributed by atoms with E-state index in [9.17, 15) is 0 Å². The Labute approximate surface area is 132 Å². The Balaban J connectivity index is 1.66. The fraction of sp³-hybridized carbons (Fsp3) is 0.471. The van der Waals surface area contributed by atoms with Gasteiger partial charge in [0.05, 0.1) is 12.8 Å². The molecule has 0 fully saturated rings. The molecule has 22 heavy (non-hydrogen) atoms. The van der Waals surface area contributed by atoms with E-state index in [-0.39, 0.29) is 0 Å². The van der Waals surface area contributed by atoms with Crippen LogP contribution in [0.4, 0.5) is 0 Å². The number of unbranched alkanes of at least 4 members (excludes halogenated alkanes) is 5. The molecular weight excluding hydrogens is 276 g/mol. The predicted octanol–water partition coefficient (Wildman–Crippen LogP) is 3.90. The Hall–Kier alpha value is -2.17. The van der Waals surface area contributed by atoms with Gasteiger partial charge in [-0.25, -0.2) is 4.68 Å². The Morgan fingerprint density at radius 3 is 2.41 bits per heavy atom. The summed E-state index contributed by atoms with van der Waals surface area (Å²) in [6.45, 7) is 3.03. The zero-order chi connectivity index (χ0) is 15.5. The summed E-state index contributed by atoms with van der Waals surface area (Å²) in [5, 5.41) is 11.6. The van der Waals surface area contributed by atoms with Crippen LogP contribution in [-0.2, 0) is 0 Å². The maximum absolute atomic E-state index is 5.75. The summed E-state index contributed by atoms with van der Waals surface area (Å²) in [7, 11) is 0. The van der Waals surface area contributed by atoms with Crippen LogP contribution in [0.1, 0.15) is 51.0 Å². The molecule has 0 spiro atoms. The molecule has 0 bridgehead atoms. The van der Waals surface area contributed by atoms with E-state index in [1.54, 1.807) is 23.5 Å². The Kier molecular flexibility index (Phi) is 7.15. The van der Waals surface area contributed by atoms with E-state index >= 15 is 0 Å². The highest BCUT2D eigenvalue weighted by Gasteiger charge is 1.95. The summed E-state index contributed by atoms with van der Waals surface area (Å²) in [5.41, 5.74) is 1.01. The molecule has 0 unspecified atom stereocenters. The van der Waals surface area contributed by atoms with Crippen LogP contribution in [0.15, 0.2) is 42.0 Å². The number of benzene rings is 1. The molecule has 0 aliphatic heterocycles. The van der Waals surface area contributed by atoms with Crippen molar-refractivity contribution in [2.45, 2.75) is 45.4 Å². The fourth-order valence-corrected chi connectivity index (χ4v) is 2.11. The lowest BCUT2D eigenvalue weighted by molar-refractivity contribution is 0.304. The SMILES string of the molecule is CCCCCCCCOc1ccc(/C=N/n2cnnc2)cc1. The maximum atomic E-state index is 5.75. The minimum Gasteiger partial charge on any atom is -0.494 e. The van der Waals surface area contributed by atoms with E-state index in [1.165, 1.54) is 32.1 Å². The zero-order valence-corrected chi connectivity index (χ0v) is 13.2. The van der Waals surface area contributed by atoms with Gasteiger partial charge in [0.2, 0.25) is 0 Å². The molecule has 2 rings (SSSR count). The molecule has 5 nitrogen and oxygen atoms in total. The Morgan fingerprint density at radius 2 is 1.68 bits per heavy atom. The van der Waals surface area contributed by atoms with Crippen LogP contribution in [0.2, 0.25) is 0 Å². The second-order valence-electron chi connectivity index (χ2n) is 5.27. The molecule has 0 saturated heterocycles. The van der Waals surface area contributed by atoms with Gasteiger partial charge in [-0.05, 0) is 36.2 Å². The van der Waals surface area contributed by atoms with Gasteiger partial charge in [0, 0.05) is 0 Å². The number of nitrogens with zero attached hydrogens (tertiary/aromatic N) is 4. The van der Waals surface area contributed by atoms with E-state index in [1.807, 2.05) is 24.3 Å². The quantitative estimate of drug-likeness (QED) is 0.494. The highest BCUT2D eigenvalue weighted by Crippen LogP contribution is 2.12. The van der Waals surface area contributed by atoms with Gasteiger partial charge in [0.15, 0.2) is 0 Å². The average molecular weight is 300 g/mol. The molecule has 0 saturated carbocycles. The number of aromatic nitrogens is 3. The molecule has 118 valence electrons. The topological polar surface area (TPSA) is 52.3 Å². The summed E-state index contributed by atoms with van der Waals surface area (Å²) < 4.78 is 7.31. The van der Waals surface area contributed by atoms with E-state index in [2.05, 4.69) is 22.2 Å². The van der Waals surface area contributed by atoms with Crippen molar-refractivity contribution >= 4 is 6.21 Å². The molecule has 5 heteroatoms. The fourth-order valence-electron chi connectivity index (χ4n) is 2.11. The highest BCUT2D eigenvalue weighted by molar-refractivity contribution is 5.79. The lowest BCUT2D eigenvalue weighted by Crippen LogP contribution is -1.97. The minimum atomic E-state index is 0.792. The second kappa shape index (κ2) is 9.71. The molecule has 0 aliphatic carbocycles. The predicted molar refractivity (Wildman–Crippen MR) is 88.3 cm³/mol. The van der Waals surface area contributed by atoms with Crippen molar-refractivity contribution in [2.75, 3.05) is 6.61 Å². The van der Waals surface area contributed by atoms with Crippen LogP contribution < -0.4 is 4.74 Å². The number of hydrogen-bond acceptors (Lipinski definition) is 4. The first-order valence-electron chi connectivity index (χ1n) is 8.00. The first-order chi connectivity index (χ1) is 10.9. The van der Waals surface area contributed by atoms with Crippen molar-refractivity contribution < 1.29 is 4.74 Å². The van der Waals surface area contributed by atoms with Gasteiger partial charge in [0.1, 0.15) is 18.4 Å². The molecule has 0 aliphatic rings. The molecule has 1 heterocycles. The largest absolute Gasteiger partial charge is 0.494 e. The van der Waals surface area contributed by atoms with Crippen LogP contribution in [-0.4, -0.2) is 27.7 Å². The smallest absolute Gasteiger partial charge is 0.141 e. The van der Waals surface area contributed by atoms with E-state index in [0.29, 0.717) is 0 Å². The maximum Gasteiger partial charge on any atom is 0.141 e. The highest BCUT2D eigenvalue weighted by atomic mass is 16.5. The van der Waals surface area contributed by atoms with Crippen molar-refractivity contribution in [1.82, 2.24) is 14.9 Å².